The number of hydrogen-bond acceptors (Lipinski definition) is 6. The summed E-state index contributed by atoms with van der Waals surface area (Å²) in [7, 11) is 2.57. The summed E-state index contributed by atoms with van der Waals surface area (Å²) in [5.74, 6) is -2.58. The number of carbonyl (C=O) groups is 5. The fraction of sp³-hybridized carbons (Fsp3) is 0.174. The van der Waals surface area contributed by atoms with Gasteiger partial charge in [-0.25, -0.2) is 9.59 Å². The Labute approximate surface area is 184 Å². The van der Waals surface area contributed by atoms with Gasteiger partial charge in [0.2, 0.25) is 0 Å². The highest BCUT2D eigenvalue weighted by Crippen LogP contribution is 2.18. The van der Waals surface area contributed by atoms with E-state index in [1.54, 1.807) is 12.1 Å². The highest BCUT2D eigenvalue weighted by atomic mass is 16.5. The van der Waals surface area contributed by atoms with Crippen LogP contribution in [-0.4, -0.2) is 60.2 Å². The second-order valence-electron chi connectivity index (χ2n) is 7.18. The first-order valence-electron chi connectivity index (χ1n) is 9.63. The molecule has 0 spiro atoms. The maximum atomic E-state index is 12.2. The van der Waals surface area contributed by atoms with E-state index in [4.69, 9.17) is 4.74 Å². The largest absolute Gasteiger partial charge is 0.452 e. The number of barbiturate groups is 1. The Kier molecular flexibility index (Phi) is 6.48. The number of nitrogens with one attached hydrogen (secondary N) is 1. The third kappa shape index (κ3) is 4.89. The topological polar surface area (TPSA) is 113 Å². The molecule has 3 rings (SSSR count). The normalized spacial score (nSPS) is 13.8. The second kappa shape index (κ2) is 9.25. The number of ether oxygens (including phenoxy) is 1. The molecule has 2 aromatic carbocycles. The number of hydrogen-bond donors (Lipinski definition) is 1. The van der Waals surface area contributed by atoms with Crippen molar-refractivity contribution in [2.75, 3.05) is 26.0 Å². The van der Waals surface area contributed by atoms with E-state index >= 15 is 0 Å². The molecule has 9 nitrogen and oxygen atoms in total. The average Bonchev–Trinajstić information content (AvgIpc) is 2.79. The molecule has 0 atom stereocenters. The number of imide groups is 2. The van der Waals surface area contributed by atoms with Gasteiger partial charge in [0.1, 0.15) is 5.57 Å². The summed E-state index contributed by atoms with van der Waals surface area (Å²) in [6.07, 6.45) is 1.34. The molecule has 9 heteroatoms. The molecule has 0 bridgehead atoms. The van der Waals surface area contributed by atoms with Crippen LogP contribution in [0.4, 0.5) is 10.5 Å². The Balaban J connectivity index is 1.61. The van der Waals surface area contributed by atoms with E-state index in [-0.39, 0.29) is 11.1 Å². The molecule has 1 heterocycles. The Morgan fingerprint density at radius 2 is 1.47 bits per heavy atom. The van der Waals surface area contributed by atoms with Crippen molar-refractivity contribution >= 4 is 41.5 Å². The van der Waals surface area contributed by atoms with Gasteiger partial charge in [-0.1, -0.05) is 29.8 Å². The van der Waals surface area contributed by atoms with Gasteiger partial charge in [0, 0.05) is 19.8 Å². The summed E-state index contributed by atoms with van der Waals surface area (Å²) in [5.41, 5.74) is 2.15. The van der Waals surface area contributed by atoms with Gasteiger partial charge in [0.05, 0.1) is 5.56 Å². The molecule has 32 heavy (non-hydrogen) atoms. The van der Waals surface area contributed by atoms with Crippen molar-refractivity contribution in [1.29, 1.82) is 0 Å². The third-order valence-corrected chi connectivity index (χ3v) is 4.77. The van der Waals surface area contributed by atoms with Gasteiger partial charge in [-0.2, -0.15) is 0 Å². The van der Waals surface area contributed by atoms with E-state index in [1.807, 2.05) is 19.1 Å². The lowest BCUT2D eigenvalue weighted by molar-refractivity contribution is -0.134. The van der Waals surface area contributed by atoms with Crippen molar-refractivity contribution < 1.29 is 28.7 Å². The van der Waals surface area contributed by atoms with Gasteiger partial charge >= 0.3 is 12.0 Å². The molecule has 1 aliphatic heterocycles. The summed E-state index contributed by atoms with van der Waals surface area (Å²) in [6, 6.07) is 12.4. The first-order valence-corrected chi connectivity index (χ1v) is 9.63. The number of anilines is 1. The molecular weight excluding hydrogens is 414 g/mol. The molecule has 0 radical (unpaired) electrons. The molecule has 1 aliphatic rings. The standard InChI is InChI=1S/C23H21N3O6/c1-14-4-10-17(11-5-14)24-19(27)13-32-22(30)16-8-6-15(7-9-16)12-18-20(28)25(2)23(31)26(3)21(18)29/h4-12H,13H2,1-3H3,(H,24,27). The molecule has 0 aliphatic carbocycles. The molecule has 1 N–H and O–H groups in total. The minimum absolute atomic E-state index is 0.169. The Hall–Kier alpha value is -4.27. The van der Waals surface area contributed by atoms with Crippen LogP contribution < -0.4 is 5.32 Å². The van der Waals surface area contributed by atoms with Crippen LogP contribution in [0.5, 0.6) is 0 Å². The summed E-state index contributed by atoms with van der Waals surface area (Å²) in [4.78, 5) is 62.1. The van der Waals surface area contributed by atoms with Gasteiger partial charge in [0.15, 0.2) is 6.61 Å². The zero-order valence-corrected chi connectivity index (χ0v) is 17.7. The quantitative estimate of drug-likeness (QED) is 0.438. The molecule has 0 aromatic heterocycles. The predicted octanol–water partition coefficient (Wildman–Crippen LogP) is 2.22. The van der Waals surface area contributed by atoms with E-state index in [2.05, 4.69) is 5.32 Å². The monoisotopic (exact) mass is 435 g/mol. The van der Waals surface area contributed by atoms with Crippen LogP contribution >= 0.6 is 0 Å². The highest BCUT2D eigenvalue weighted by Gasteiger charge is 2.37. The zero-order chi connectivity index (χ0) is 23.4. The van der Waals surface area contributed by atoms with Crippen LogP contribution in [0.25, 0.3) is 6.08 Å². The molecule has 0 unspecified atom stereocenters. The van der Waals surface area contributed by atoms with Gasteiger partial charge < -0.3 is 10.1 Å². The Bertz CT molecular complexity index is 1090. The average molecular weight is 435 g/mol. The number of nitrogens with zero attached hydrogens (tertiary/aromatic N) is 2. The Morgan fingerprint density at radius 1 is 0.906 bits per heavy atom. The maximum absolute atomic E-state index is 12.2. The lowest BCUT2D eigenvalue weighted by atomic mass is 10.1. The van der Waals surface area contributed by atoms with Crippen molar-refractivity contribution in [3.63, 3.8) is 0 Å². The first kappa shape index (κ1) is 22.4. The van der Waals surface area contributed by atoms with Gasteiger partial charge in [0.25, 0.3) is 17.7 Å². The van der Waals surface area contributed by atoms with Crippen LogP contribution in [0.15, 0.2) is 54.1 Å². The molecular formula is C23H21N3O6. The number of likely N-dealkylation sites (N-methyl/N-ethyl adjacent to an activating group) is 2. The Morgan fingerprint density at radius 3 is 2.03 bits per heavy atom. The number of aryl methyl sites for hydroxylation is 1. The minimum Gasteiger partial charge on any atom is -0.452 e. The van der Waals surface area contributed by atoms with Crippen LogP contribution in [0, 0.1) is 6.92 Å². The summed E-state index contributed by atoms with van der Waals surface area (Å²) < 4.78 is 5.02. The fourth-order valence-electron chi connectivity index (χ4n) is 2.91. The molecule has 164 valence electrons. The van der Waals surface area contributed by atoms with Crippen molar-refractivity contribution in [2.24, 2.45) is 0 Å². The number of esters is 1. The van der Waals surface area contributed by atoms with Gasteiger partial charge in [-0.3, -0.25) is 24.2 Å². The maximum Gasteiger partial charge on any atom is 0.338 e. The van der Waals surface area contributed by atoms with Crippen molar-refractivity contribution in [3.05, 3.63) is 70.8 Å². The zero-order valence-electron chi connectivity index (χ0n) is 17.7. The van der Waals surface area contributed by atoms with Crippen LogP contribution in [0.2, 0.25) is 0 Å². The number of carbonyl (C=O) groups excluding carboxylic acids is 5. The molecule has 2 aromatic rings. The van der Waals surface area contributed by atoms with Gasteiger partial charge in [-0.05, 0) is 42.8 Å². The van der Waals surface area contributed by atoms with E-state index in [0.29, 0.717) is 11.3 Å². The molecule has 1 fully saturated rings. The summed E-state index contributed by atoms with van der Waals surface area (Å²) in [6.45, 7) is 1.48. The van der Waals surface area contributed by atoms with Crippen molar-refractivity contribution in [2.45, 2.75) is 6.92 Å². The first-order chi connectivity index (χ1) is 15.2. The molecule has 0 saturated carbocycles. The number of urea groups is 1. The van der Waals surface area contributed by atoms with E-state index in [9.17, 15) is 24.0 Å². The van der Waals surface area contributed by atoms with Crippen LogP contribution in [0.3, 0.4) is 0 Å². The third-order valence-electron chi connectivity index (χ3n) is 4.77. The smallest absolute Gasteiger partial charge is 0.338 e. The second-order valence-corrected chi connectivity index (χ2v) is 7.18. The van der Waals surface area contributed by atoms with E-state index in [1.165, 1.54) is 44.4 Å². The minimum atomic E-state index is -0.707. The molecule has 5 amide bonds. The van der Waals surface area contributed by atoms with E-state index < -0.39 is 36.3 Å². The lowest BCUT2D eigenvalue weighted by Crippen LogP contribution is -2.52. The van der Waals surface area contributed by atoms with Crippen LogP contribution in [0.1, 0.15) is 21.5 Å². The highest BCUT2D eigenvalue weighted by molar-refractivity contribution is 6.30. The SMILES string of the molecule is Cc1ccc(NC(=O)COC(=O)c2ccc(C=C3C(=O)N(C)C(=O)N(C)C3=O)cc2)cc1. The summed E-state index contributed by atoms with van der Waals surface area (Å²) >= 11 is 0. The number of benzene rings is 2. The van der Waals surface area contributed by atoms with Gasteiger partial charge in [-0.15, -0.1) is 0 Å². The fourth-order valence-corrected chi connectivity index (χ4v) is 2.91. The van der Waals surface area contributed by atoms with Crippen molar-refractivity contribution in [3.8, 4) is 0 Å². The van der Waals surface area contributed by atoms with E-state index in [0.717, 1.165) is 15.4 Å². The molecule has 1 saturated heterocycles. The number of rotatable bonds is 5. The number of amides is 5. The van der Waals surface area contributed by atoms with Crippen LogP contribution in [-0.2, 0) is 19.1 Å². The van der Waals surface area contributed by atoms with Crippen molar-refractivity contribution in [1.82, 2.24) is 9.80 Å². The lowest BCUT2D eigenvalue weighted by Gasteiger charge is -2.28. The predicted molar refractivity (Wildman–Crippen MR) is 115 cm³/mol. The summed E-state index contributed by atoms with van der Waals surface area (Å²) in [5, 5.41) is 2.63.